The van der Waals surface area contributed by atoms with Crippen molar-refractivity contribution in [3.8, 4) is 16.8 Å². The maximum Gasteiger partial charge on any atom is 0.0541 e. The van der Waals surface area contributed by atoms with Crippen LogP contribution in [-0.2, 0) is 0 Å². The van der Waals surface area contributed by atoms with Gasteiger partial charge in [-0.2, -0.15) is 0 Å². The van der Waals surface area contributed by atoms with Crippen molar-refractivity contribution in [2.75, 3.05) is 0 Å². The van der Waals surface area contributed by atoms with E-state index in [1.807, 2.05) is 0 Å². The summed E-state index contributed by atoms with van der Waals surface area (Å²) in [5, 5.41) is 5.19. The molecule has 0 amide bonds. The summed E-state index contributed by atoms with van der Waals surface area (Å²) in [5.74, 6) is 0.496. The van der Waals surface area contributed by atoms with Gasteiger partial charge < -0.3 is 4.57 Å². The molecule has 0 N–H and O–H groups in total. The number of nitrogens with zero attached hydrogens (tertiary/aromatic N) is 1. The van der Waals surface area contributed by atoms with Crippen LogP contribution in [0.4, 0.5) is 0 Å². The first kappa shape index (κ1) is 18.9. The summed E-state index contributed by atoms with van der Waals surface area (Å²) in [7, 11) is 0. The molecule has 0 spiro atoms. The average molecular weight is 412 g/mol. The molecule has 0 atom stereocenters. The number of rotatable bonds is 3. The Morgan fingerprint density at radius 2 is 1.25 bits per heavy atom. The van der Waals surface area contributed by atoms with Crippen LogP contribution in [-0.4, -0.2) is 4.57 Å². The predicted molar refractivity (Wildman–Crippen MR) is 138 cm³/mol. The lowest BCUT2D eigenvalue weighted by molar-refractivity contribution is 0.868. The van der Waals surface area contributed by atoms with Crippen molar-refractivity contribution in [3.63, 3.8) is 0 Å². The minimum Gasteiger partial charge on any atom is -0.309 e. The Morgan fingerprint density at radius 1 is 0.562 bits per heavy atom. The molecule has 0 unspecified atom stereocenters. The van der Waals surface area contributed by atoms with Crippen molar-refractivity contribution in [1.29, 1.82) is 0 Å². The largest absolute Gasteiger partial charge is 0.309 e. The molecule has 0 aliphatic carbocycles. The maximum atomic E-state index is 2.39. The Bertz CT molecular complexity index is 1580. The Hall–Kier alpha value is -3.84. The van der Waals surface area contributed by atoms with Gasteiger partial charge >= 0.3 is 0 Å². The lowest BCUT2D eigenvalue weighted by atomic mass is 9.96. The molecule has 1 heteroatoms. The van der Waals surface area contributed by atoms with Crippen LogP contribution in [0.5, 0.6) is 0 Å². The maximum absolute atomic E-state index is 2.39. The first-order chi connectivity index (χ1) is 15.7. The number of para-hydroxylation sites is 1. The second-order valence-electron chi connectivity index (χ2n) is 8.86. The summed E-state index contributed by atoms with van der Waals surface area (Å²) >= 11 is 0. The number of fused-ring (bicyclic) bond motifs is 4. The fourth-order valence-corrected chi connectivity index (χ4v) is 4.90. The third-order valence-electron chi connectivity index (χ3n) is 6.57. The van der Waals surface area contributed by atoms with Crippen molar-refractivity contribution < 1.29 is 0 Å². The summed E-state index contributed by atoms with van der Waals surface area (Å²) in [6.45, 7) is 4.53. The highest BCUT2D eigenvalue weighted by atomic mass is 15.0. The predicted octanol–water partition coefficient (Wildman–Crippen LogP) is 8.73. The van der Waals surface area contributed by atoms with E-state index in [1.165, 1.54) is 55.0 Å². The normalized spacial score (nSPS) is 11.7. The van der Waals surface area contributed by atoms with Crippen LogP contribution in [0.25, 0.3) is 49.4 Å². The fraction of sp³-hybridized carbons (Fsp3) is 0.0968. The Balaban J connectivity index is 1.69. The van der Waals surface area contributed by atoms with Gasteiger partial charge in [0.25, 0.3) is 0 Å². The quantitative estimate of drug-likeness (QED) is 0.274. The van der Waals surface area contributed by atoms with Gasteiger partial charge in [0, 0.05) is 16.5 Å². The molecule has 0 saturated heterocycles. The van der Waals surface area contributed by atoms with Gasteiger partial charge in [-0.3, -0.25) is 0 Å². The summed E-state index contributed by atoms with van der Waals surface area (Å²) < 4.78 is 2.39. The molecule has 0 bridgehead atoms. The summed E-state index contributed by atoms with van der Waals surface area (Å²) in [5.41, 5.74) is 7.62. The molecule has 1 heterocycles. The van der Waals surface area contributed by atoms with E-state index >= 15 is 0 Å². The zero-order valence-electron chi connectivity index (χ0n) is 18.4. The molecule has 0 aliphatic heterocycles. The second kappa shape index (κ2) is 7.39. The van der Waals surface area contributed by atoms with Crippen LogP contribution in [0.15, 0.2) is 109 Å². The number of hydrogen-bond donors (Lipinski definition) is 0. The van der Waals surface area contributed by atoms with Gasteiger partial charge in [-0.05, 0) is 69.8 Å². The van der Waals surface area contributed by atoms with Crippen molar-refractivity contribution in [3.05, 3.63) is 115 Å². The van der Waals surface area contributed by atoms with Gasteiger partial charge in [-0.15, -0.1) is 0 Å². The van der Waals surface area contributed by atoms with Gasteiger partial charge in [0.1, 0.15) is 0 Å². The van der Waals surface area contributed by atoms with Crippen molar-refractivity contribution in [2.45, 2.75) is 19.8 Å². The van der Waals surface area contributed by atoms with E-state index in [2.05, 4.69) is 128 Å². The molecule has 0 fully saturated rings. The van der Waals surface area contributed by atoms with Crippen LogP contribution >= 0.6 is 0 Å². The van der Waals surface area contributed by atoms with Gasteiger partial charge in [-0.25, -0.2) is 0 Å². The van der Waals surface area contributed by atoms with Crippen LogP contribution in [0.2, 0.25) is 0 Å². The topological polar surface area (TPSA) is 4.93 Å². The first-order valence-corrected chi connectivity index (χ1v) is 11.3. The third kappa shape index (κ3) is 2.93. The molecule has 6 aromatic rings. The molecule has 0 saturated carbocycles. The van der Waals surface area contributed by atoms with E-state index in [-0.39, 0.29) is 0 Å². The molecule has 1 aromatic heterocycles. The highest BCUT2D eigenvalue weighted by molar-refractivity contribution is 6.11. The molecule has 1 nitrogen and oxygen atoms in total. The third-order valence-corrected chi connectivity index (χ3v) is 6.57. The lowest BCUT2D eigenvalue weighted by Crippen LogP contribution is -1.93. The highest BCUT2D eigenvalue weighted by Crippen LogP contribution is 2.37. The molecule has 154 valence electrons. The van der Waals surface area contributed by atoms with Crippen molar-refractivity contribution in [2.24, 2.45) is 0 Å². The highest BCUT2D eigenvalue weighted by Gasteiger charge is 2.15. The Kier molecular flexibility index (Phi) is 4.36. The standard InChI is InChI=1S/C31H25N/c1-21(2)23-15-17-30-28(19-23)29-20-24(27-14-8-10-22-9-6-7-13-26(22)27)16-18-31(29)32(30)25-11-4-3-5-12-25/h3-21H,1-2H3. The lowest BCUT2D eigenvalue weighted by Gasteiger charge is -2.09. The summed E-state index contributed by atoms with van der Waals surface area (Å²) in [6.07, 6.45) is 0. The SMILES string of the molecule is CC(C)c1ccc2c(c1)c1cc(-c3cccc4ccccc34)ccc1n2-c1ccccc1. The first-order valence-electron chi connectivity index (χ1n) is 11.3. The molecule has 32 heavy (non-hydrogen) atoms. The molecule has 5 aromatic carbocycles. The molecule has 0 radical (unpaired) electrons. The smallest absolute Gasteiger partial charge is 0.0541 e. The summed E-state index contributed by atoms with van der Waals surface area (Å²) in [6, 6.07) is 39.8. The molecular formula is C31H25N. The van der Waals surface area contributed by atoms with E-state index in [0.29, 0.717) is 5.92 Å². The molecular weight excluding hydrogens is 386 g/mol. The molecule has 0 aliphatic rings. The Labute approximate surface area is 188 Å². The number of benzene rings is 5. The molecule has 6 rings (SSSR count). The van der Waals surface area contributed by atoms with E-state index in [9.17, 15) is 0 Å². The number of hydrogen-bond acceptors (Lipinski definition) is 0. The van der Waals surface area contributed by atoms with E-state index < -0.39 is 0 Å². The minimum atomic E-state index is 0.496. The monoisotopic (exact) mass is 411 g/mol. The van der Waals surface area contributed by atoms with Gasteiger partial charge in [0.15, 0.2) is 0 Å². The van der Waals surface area contributed by atoms with E-state index in [1.54, 1.807) is 0 Å². The van der Waals surface area contributed by atoms with Gasteiger partial charge in [-0.1, -0.05) is 86.6 Å². The van der Waals surface area contributed by atoms with Crippen molar-refractivity contribution in [1.82, 2.24) is 4.57 Å². The van der Waals surface area contributed by atoms with E-state index in [0.717, 1.165) is 0 Å². The van der Waals surface area contributed by atoms with Crippen LogP contribution in [0, 0.1) is 0 Å². The van der Waals surface area contributed by atoms with Crippen molar-refractivity contribution >= 4 is 32.6 Å². The van der Waals surface area contributed by atoms with Crippen LogP contribution in [0.3, 0.4) is 0 Å². The van der Waals surface area contributed by atoms with Crippen LogP contribution in [0.1, 0.15) is 25.3 Å². The van der Waals surface area contributed by atoms with E-state index in [4.69, 9.17) is 0 Å². The minimum absolute atomic E-state index is 0.496. The fourth-order valence-electron chi connectivity index (χ4n) is 4.90. The Morgan fingerprint density at radius 3 is 2.06 bits per heavy atom. The second-order valence-corrected chi connectivity index (χ2v) is 8.86. The van der Waals surface area contributed by atoms with Gasteiger partial charge in [0.05, 0.1) is 11.0 Å². The van der Waals surface area contributed by atoms with Crippen LogP contribution < -0.4 is 0 Å². The zero-order valence-corrected chi connectivity index (χ0v) is 18.4. The van der Waals surface area contributed by atoms with Gasteiger partial charge in [0.2, 0.25) is 0 Å². The number of aromatic nitrogens is 1. The zero-order chi connectivity index (χ0) is 21.7. The summed E-state index contributed by atoms with van der Waals surface area (Å²) in [4.78, 5) is 0. The average Bonchev–Trinajstić information content (AvgIpc) is 3.17.